The van der Waals surface area contributed by atoms with Gasteiger partial charge in [0, 0.05) is 37.8 Å². The molecule has 27 heavy (non-hydrogen) atoms. The number of nitrogens with one attached hydrogen (secondary N) is 2. The first-order chi connectivity index (χ1) is 13.2. The molecular weight excluding hydrogens is 336 g/mol. The van der Waals surface area contributed by atoms with E-state index in [4.69, 9.17) is 0 Å². The van der Waals surface area contributed by atoms with Crippen LogP contribution < -0.4 is 10.9 Å². The minimum absolute atomic E-state index is 0.126. The molecule has 2 N–H and O–H groups in total. The molecule has 1 aliphatic carbocycles. The fourth-order valence-electron chi connectivity index (χ4n) is 5.05. The van der Waals surface area contributed by atoms with E-state index < -0.39 is 0 Å². The summed E-state index contributed by atoms with van der Waals surface area (Å²) in [6, 6.07) is 9.21. The number of hydrogen-bond donors (Lipinski definition) is 2. The maximum absolute atomic E-state index is 12.9. The summed E-state index contributed by atoms with van der Waals surface area (Å²) in [6.07, 6.45) is 9.15. The number of likely N-dealkylation sites (N-methyl/N-ethyl adjacent to an activating group) is 1. The largest absolute Gasteiger partial charge is 0.340 e. The lowest BCUT2D eigenvalue weighted by Gasteiger charge is -2.29. The lowest BCUT2D eigenvalue weighted by Crippen LogP contribution is -2.43. The number of carbonyl (C=O) groups is 1. The fraction of sp³-hybridized carbons (Fsp3) is 0.682. The van der Waals surface area contributed by atoms with Crippen LogP contribution in [0.1, 0.15) is 60.9 Å². The molecule has 4 rings (SSSR count). The average Bonchev–Trinajstić information content (AvgIpc) is 3.12. The molecule has 1 amide bonds. The quantitative estimate of drug-likeness (QED) is 0.837. The monoisotopic (exact) mass is 370 g/mol. The molecule has 148 valence electrons. The highest BCUT2D eigenvalue weighted by atomic mass is 16.2. The van der Waals surface area contributed by atoms with Crippen molar-refractivity contribution in [2.45, 2.75) is 63.6 Å². The van der Waals surface area contributed by atoms with Gasteiger partial charge in [-0.15, -0.1) is 0 Å². The van der Waals surface area contributed by atoms with Crippen molar-refractivity contribution in [1.82, 2.24) is 20.7 Å². The van der Waals surface area contributed by atoms with E-state index in [1.165, 1.54) is 63.6 Å². The lowest BCUT2D eigenvalue weighted by atomic mass is 9.81. The van der Waals surface area contributed by atoms with Gasteiger partial charge < -0.3 is 4.90 Å². The van der Waals surface area contributed by atoms with Crippen molar-refractivity contribution in [3.8, 4) is 0 Å². The normalized spacial score (nSPS) is 28.7. The third kappa shape index (κ3) is 4.53. The summed E-state index contributed by atoms with van der Waals surface area (Å²) in [4.78, 5) is 17.3. The number of piperidine rings is 1. The second kappa shape index (κ2) is 8.72. The van der Waals surface area contributed by atoms with Gasteiger partial charge in [0.1, 0.15) is 0 Å². The Balaban J connectivity index is 1.31. The van der Waals surface area contributed by atoms with Gasteiger partial charge in [-0.25, -0.2) is 0 Å². The SMILES string of the molecule is CN(CC1NNC2CCCCC21)C(=O)c1ccc(CN2CCCCC2)cc1. The van der Waals surface area contributed by atoms with E-state index in [9.17, 15) is 4.79 Å². The fourth-order valence-corrected chi connectivity index (χ4v) is 5.05. The summed E-state index contributed by atoms with van der Waals surface area (Å²) in [5, 5.41) is 0. The van der Waals surface area contributed by atoms with Crippen LogP contribution in [0, 0.1) is 5.92 Å². The van der Waals surface area contributed by atoms with Crippen molar-refractivity contribution in [2.24, 2.45) is 5.92 Å². The number of hydrazine groups is 1. The van der Waals surface area contributed by atoms with Crippen LogP contribution in [0.3, 0.4) is 0 Å². The van der Waals surface area contributed by atoms with Crippen molar-refractivity contribution >= 4 is 5.91 Å². The maximum Gasteiger partial charge on any atom is 0.253 e. The summed E-state index contributed by atoms with van der Waals surface area (Å²) in [6.45, 7) is 4.18. The van der Waals surface area contributed by atoms with E-state index in [1.807, 2.05) is 24.1 Å². The number of carbonyl (C=O) groups excluding carboxylic acids is 1. The Morgan fingerprint density at radius 3 is 2.56 bits per heavy atom. The first kappa shape index (κ1) is 18.9. The van der Waals surface area contributed by atoms with Crippen molar-refractivity contribution in [3.05, 3.63) is 35.4 Å². The predicted molar refractivity (Wildman–Crippen MR) is 108 cm³/mol. The standard InChI is InChI=1S/C22H34N4O/c1-25(16-21-19-7-3-4-8-20(19)23-24-21)22(27)18-11-9-17(10-12-18)15-26-13-5-2-6-14-26/h9-12,19-21,23-24H,2-8,13-16H2,1H3. The number of likely N-dealkylation sites (tertiary alicyclic amines) is 1. The molecule has 2 aliphatic heterocycles. The van der Waals surface area contributed by atoms with E-state index in [1.54, 1.807) is 0 Å². The van der Waals surface area contributed by atoms with Crippen LogP contribution in [-0.4, -0.2) is 54.5 Å². The number of fused-ring (bicyclic) bond motifs is 1. The summed E-state index contributed by atoms with van der Waals surface area (Å²) >= 11 is 0. The van der Waals surface area contributed by atoms with Gasteiger partial charge in [0.05, 0.1) is 0 Å². The smallest absolute Gasteiger partial charge is 0.253 e. The highest BCUT2D eigenvalue weighted by molar-refractivity contribution is 5.94. The molecule has 3 unspecified atom stereocenters. The summed E-state index contributed by atoms with van der Waals surface area (Å²) in [5.74, 6) is 0.779. The van der Waals surface area contributed by atoms with Gasteiger partial charge in [-0.2, -0.15) is 0 Å². The van der Waals surface area contributed by atoms with E-state index >= 15 is 0 Å². The predicted octanol–water partition coefficient (Wildman–Crippen LogP) is 2.78. The third-order valence-corrected chi connectivity index (χ3v) is 6.66. The average molecular weight is 371 g/mol. The molecule has 1 saturated carbocycles. The zero-order valence-electron chi connectivity index (χ0n) is 16.6. The van der Waals surface area contributed by atoms with Gasteiger partial charge in [0.2, 0.25) is 0 Å². The second-order valence-corrected chi connectivity index (χ2v) is 8.67. The Kier molecular flexibility index (Phi) is 6.11. The molecule has 5 heteroatoms. The Hall–Kier alpha value is -1.43. The molecule has 0 spiro atoms. The van der Waals surface area contributed by atoms with E-state index in [0.29, 0.717) is 18.0 Å². The number of nitrogens with zero attached hydrogens (tertiary/aromatic N) is 2. The molecule has 2 heterocycles. The highest BCUT2D eigenvalue weighted by Crippen LogP contribution is 2.30. The summed E-state index contributed by atoms with van der Waals surface area (Å²) in [7, 11) is 1.93. The van der Waals surface area contributed by atoms with E-state index in [0.717, 1.165) is 18.7 Å². The van der Waals surface area contributed by atoms with Crippen molar-refractivity contribution in [1.29, 1.82) is 0 Å². The van der Waals surface area contributed by atoms with Gasteiger partial charge in [0.25, 0.3) is 5.91 Å². The van der Waals surface area contributed by atoms with E-state index in [-0.39, 0.29) is 5.91 Å². The molecular formula is C22H34N4O. The minimum Gasteiger partial charge on any atom is -0.340 e. The zero-order chi connectivity index (χ0) is 18.6. The van der Waals surface area contributed by atoms with Crippen LogP contribution in [0.15, 0.2) is 24.3 Å². The van der Waals surface area contributed by atoms with Gasteiger partial charge in [-0.1, -0.05) is 31.4 Å². The Labute approximate surface area is 163 Å². The molecule has 0 bridgehead atoms. The van der Waals surface area contributed by atoms with Crippen molar-refractivity contribution in [2.75, 3.05) is 26.7 Å². The van der Waals surface area contributed by atoms with Gasteiger partial charge in [0.15, 0.2) is 0 Å². The minimum atomic E-state index is 0.126. The number of hydrogen-bond acceptors (Lipinski definition) is 4. The molecule has 1 aromatic rings. The Bertz CT molecular complexity index is 626. The summed E-state index contributed by atoms with van der Waals surface area (Å²) < 4.78 is 0. The van der Waals surface area contributed by atoms with Gasteiger partial charge in [-0.05, 0) is 62.4 Å². The van der Waals surface area contributed by atoms with Crippen LogP contribution in [0.5, 0.6) is 0 Å². The van der Waals surface area contributed by atoms with Crippen molar-refractivity contribution in [3.63, 3.8) is 0 Å². The first-order valence-corrected chi connectivity index (χ1v) is 10.8. The van der Waals surface area contributed by atoms with E-state index in [2.05, 4.69) is 27.9 Å². The Morgan fingerprint density at radius 2 is 1.78 bits per heavy atom. The van der Waals surface area contributed by atoms with Crippen LogP contribution >= 0.6 is 0 Å². The molecule has 3 fully saturated rings. The van der Waals surface area contributed by atoms with Crippen molar-refractivity contribution < 1.29 is 4.79 Å². The molecule has 2 saturated heterocycles. The number of rotatable bonds is 5. The maximum atomic E-state index is 12.9. The Morgan fingerprint density at radius 1 is 1.04 bits per heavy atom. The second-order valence-electron chi connectivity index (χ2n) is 8.67. The third-order valence-electron chi connectivity index (χ3n) is 6.66. The molecule has 3 aliphatic rings. The zero-order valence-corrected chi connectivity index (χ0v) is 16.6. The molecule has 5 nitrogen and oxygen atoms in total. The topological polar surface area (TPSA) is 47.6 Å². The lowest BCUT2D eigenvalue weighted by molar-refractivity contribution is 0.0772. The van der Waals surface area contributed by atoms with Crippen LogP contribution in [0.2, 0.25) is 0 Å². The van der Waals surface area contributed by atoms with Crippen LogP contribution in [0.25, 0.3) is 0 Å². The van der Waals surface area contributed by atoms with Crippen LogP contribution in [0.4, 0.5) is 0 Å². The highest BCUT2D eigenvalue weighted by Gasteiger charge is 2.38. The molecule has 1 aromatic carbocycles. The number of benzene rings is 1. The van der Waals surface area contributed by atoms with Gasteiger partial charge in [-0.3, -0.25) is 20.5 Å². The molecule has 3 atom stereocenters. The first-order valence-electron chi connectivity index (χ1n) is 10.8. The summed E-state index contributed by atoms with van der Waals surface area (Å²) in [5.41, 5.74) is 8.99. The van der Waals surface area contributed by atoms with Crippen LogP contribution in [-0.2, 0) is 6.54 Å². The number of amides is 1. The molecule has 0 radical (unpaired) electrons. The molecule has 0 aromatic heterocycles. The van der Waals surface area contributed by atoms with Gasteiger partial charge >= 0.3 is 0 Å².